The molecular formula is C23H30NO4PS. The molecule has 162 valence electrons. The predicted molar refractivity (Wildman–Crippen MR) is 125 cm³/mol. The molecule has 0 bridgehead atoms. The van der Waals surface area contributed by atoms with E-state index < -0.39 is 7.60 Å². The fourth-order valence-electron chi connectivity index (χ4n) is 3.57. The number of benzene rings is 2. The number of rotatable bonds is 7. The van der Waals surface area contributed by atoms with E-state index in [1.807, 2.05) is 0 Å². The molecule has 0 spiro atoms. The van der Waals surface area contributed by atoms with Crippen molar-refractivity contribution in [1.82, 2.24) is 0 Å². The Bertz CT molecular complexity index is 935. The second-order valence-electron chi connectivity index (χ2n) is 7.39. The number of hydrogen-bond donors (Lipinski definition) is 1. The third kappa shape index (κ3) is 5.36. The minimum Gasteiger partial charge on any atom is -0.325 e. The third-order valence-electron chi connectivity index (χ3n) is 5.25. The molecule has 30 heavy (non-hydrogen) atoms. The Morgan fingerprint density at radius 1 is 1.07 bits per heavy atom. The maximum absolute atomic E-state index is 12.9. The van der Waals surface area contributed by atoms with Gasteiger partial charge in [0.1, 0.15) is 0 Å². The molecule has 0 fully saturated rings. The summed E-state index contributed by atoms with van der Waals surface area (Å²) in [6.45, 7) is 8.42. The van der Waals surface area contributed by atoms with E-state index in [1.165, 1.54) is 22.3 Å². The van der Waals surface area contributed by atoms with Crippen LogP contribution in [0.1, 0.15) is 36.1 Å². The average molecular weight is 448 g/mol. The predicted octanol–water partition coefficient (Wildman–Crippen LogP) is 5.03. The van der Waals surface area contributed by atoms with Gasteiger partial charge in [0.15, 0.2) is 0 Å². The first-order chi connectivity index (χ1) is 14.4. The third-order valence-corrected chi connectivity index (χ3v) is 8.60. The van der Waals surface area contributed by atoms with Crippen molar-refractivity contribution >= 4 is 36.3 Å². The van der Waals surface area contributed by atoms with Crippen LogP contribution in [0.2, 0.25) is 0 Å². The largest absolute Gasteiger partial charge is 0.361 e. The number of nitrogens with one attached hydrogen (secondary N) is 1. The molecule has 1 heterocycles. The highest BCUT2D eigenvalue weighted by atomic mass is 32.2. The molecular weight excluding hydrogens is 417 g/mol. The van der Waals surface area contributed by atoms with Gasteiger partial charge in [-0.3, -0.25) is 9.36 Å². The van der Waals surface area contributed by atoms with Crippen LogP contribution in [0.25, 0.3) is 0 Å². The fraction of sp³-hybridized carbons (Fsp3) is 0.435. The van der Waals surface area contributed by atoms with Crippen LogP contribution in [-0.4, -0.2) is 30.1 Å². The summed E-state index contributed by atoms with van der Waals surface area (Å²) in [6, 6.07) is 11.4. The Balaban J connectivity index is 1.71. The van der Waals surface area contributed by atoms with Crippen molar-refractivity contribution in [2.24, 2.45) is 0 Å². The van der Waals surface area contributed by atoms with E-state index in [1.54, 1.807) is 49.9 Å². The lowest BCUT2D eigenvalue weighted by molar-refractivity contribution is -0.115. The lowest BCUT2D eigenvalue weighted by Gasteiger charge is -2.18. The van der Waals surface area contributed by atoms with Gasteiger partial charge in [0.05, 0.1) is 23.8 Å². The lowest BCUT2D eigenvalue weighted by Crippen LogP contribution is -2.27. The first-order valence-electron chi connectivity index (χ1n) is 10.4. The van der Waals surface area contributed by atoms with Gasteiger partial charge < -0.3 is 14.4 Å². The molecule has 7 heteroatoms. The Hall–Kier alpha value is -1.59. The van der Waals surface area contributed by atoms with E-state index in [9.17, 15) is 9.36 Å². The molecule has 0 aliphatic carbocycles. The molecule has 0 saturated carbocycles. The summed E-state index contributed by atoms with van der Waals surface area (Å²) < 4.78 is 23.6. The zero-order chi connectivity index (χ0) is 21.7. The van der Waals surface area contributed by atoms with Crippen LogP contribution in [0.4, 0.5) is 5.69 Å². The van der Waals surface area contributed by atoms with Crippen molar-refractivity contribution in [2.75, 3.05) is 24.3 Å². The van der Waals surface area contributed by atoms with E-state index >= 15 is 0 Å². The van der Waals surface area contributed by atoms with E-state index in [0.29, 0.717) is 24.2 Å². The molecule has 0 radical (unpaired) electrons. The molecule has 1 atom stereocenters. The number of amides is 1. The van der Waals surface area contributed by atoms with E-state index in [0.717, 1.165) is 18.6 Å². The van der Waals surface area contributed by atoms with E-state index in [2.05, 4.69) is 31.3 Å². The number of anilines is 1. The fourth-order valence-corrected chi connectivity index (χ4v) is 6.27. The monoisotopic (exact) mass is 447 g/mol. The number of hydrogen-bond acceptors (Lipinski definition) is 5. The van der Waals surface area contributed by atoms with Gasteiger partial charge in [-0.25, -0.2) is 0 Å². The molecule has 0 aromatic heterocycles. The van der Waals surface area contributed by atoms with Crippen molar-refractivity contribution in [1.29, 1.82) is 0 Å². The zero-order valence-corrected chi connectivity index (χ0v) is 19.8. The minimum absolute atomic E-state index is 0.00312. The quantitative estimate of drug-likeness (QED) is 0.603. The van der Waals surface area contributed by atoms with Crippen LogP contribution in [0.5, 0.6) is 0 Å². The highest BCUT2D eigenvalue weighted by Crippen LogP contribution is 2.46. The van der Waals surface area contributed by atoms with Crippen molar-refractivity contribution < 1.29 is 18.4 Å². The number of aryl methyl sites for hydroxylation is 3. The van der Waals surface area contributed by atoms with Crippen LogP contribution >= 0.6 is 19.4 Å². The molecule has 2 aromatic rings. The summed E-state index contributed by atoms with van der Waals surface area (Å²) in [7, 11) is -3.32. The maximum Gasteiger partial charge on any atom is 0.361 e. The molecule has 5 nitrogen and oxygen atoms in total. The first-order valence-corrected chi connectivity index (χ1v) is 13.0. The van der Waals surface area contributed by atoms with Crippen molar-refractivity contribution in [3.63, 3.8) is 0 Å². The Labute approximate surface area is 183 Å². The summed E-state index contributed by atoms with van der Waals surface area (Å²) in [5.74, 6) is 0.926. The highest BCUT2D eigenvalue weighted by Gasteiger charge is 2.27. The van der Waals surface area contributed by atoms with Crippen LogP contribution in [0.15, 0.2) is 36.4 Å². The van der Waals surface area contributed by atoms with Gasteiger partial charge in [0, 0.05) is 5.69 Å². The van der Waals surface area contributed by atoms with Gasteiger partial charge in [0.25, 0.3) is 0 Å². The molecule has 0 saturated heterocycles. The number of carbonyl (C=O) groups excluding carboxylic acids is 1. The summed E-state index contributed by atoms with van der Waals surface area (Å²) in [5.41, 5.74) is 5.87. The molecule has 2 aromatic carbocycles. The standard InChI is InChI=1S/C23H30NO4PS/c1-5-27-29(26,28-6-2)21-9-7-20(8-10-21)24-23(25)22-15-19-14-17(4)16(3)13-18(19)11-12-30-22/h7-10,13-14,22H,5-6,11-12,15H2,1-4H3,(H,24,25). The topological polar surface area (TPSA) is 64.6 Å². The van der Waals surface area contributed by atoms with Gasteiger partial charge in [-0.2, -0.15) is 0 Å². The first kappa shape index (κ1) is 23.1. The Morgan fingerprint density at radius 3 is 2.27 bits per heavy atom. The van der Waals surface area contributed by atoms with Crippen molar-refractivity contribution in [2.45, 2.75) is 45.8 Å². The van der Waals surface area contributed by atoms with Gasteiger partial charge >= 0.3 is 7.60 Å². The van der Waals surface area contributed by atoms with Crippen LogP contribution in [0.3, 0.4) is 0 Å². The average Bonchev–Trinajstić information content (AvgIpc) is 2.91. The molecule has 3 rings (SSSR count). The second-order valence-corrected chi connectivity index (χ2v) is 10.7. The number of carbonyl (C=O) groups is 1. The minimum atomic E-state index is -3.32. The normalized spacial score (nSPS) is 16.6. The molecule has 1 aliphatic rings. The summed E-state index contributed by atoms with van der Waals surface area (Å²) in [6.07, 6.45) is 1.72. The van der Waals surface area contributed by atoms with Crippen LogP contribution in [0, 0.1) is 13.8 Å². The highest BCUT2D eigenvalue weighted by molar-refractivity contribution is 8.00. The van der Waals surface area contributed by atoms with Crippen LogP contribution in [-0.2, 0) is 31.2 Å². The van der Waals surface area contributed by atoms with Gasteiger partial charge in [-0.05, 0) is 92.8 Å². The van der Waals surface area contributed by atoms with E-state index in [-0.39, 0.29) is 11.2 Å². The molecule has 1 amide bonds. The van der Waals surface area contributed by atoms with E-state index in [4.69, 9.17) is 9.05 Å². The van der Waals surface area contributed by atoms with Crippen LogP contribution < -0.4 is 10.6 Å². The second kappa shape index (κ2) is 10.1. The smallest absolute Gasteiger partial charge is 0.325 e. The summed E-state index contributed by atoms with van der Waals surface area (Å²) in [4.78, 5) is 12.9. The zero-order valence-electron chi connectivity index (χ0n) is 18.1. The molecule has 1 N–H and O–H groups in total. The van der Waals surface area contributed by atoms with Gasteiger partial charge in [-0.15, -0.1) is 11.8 Å². The van der Waals surface area contributed by atoms with Gasteiger partial charge in [-0.1, -0.05) is 12.1 Å². The summed E-state index contributed by atoms with van der Waals surface area (Å²) in [5, 5.41) is 3.37. The Kier molecular flexibility index (Phi) is 7.81. The maximum atomic E-state index is 12.9. The number of fused-ring (bicyclic) bond motifs is 1. The molecule has 1 unspecified atom stereocenters. The Morgan fingerprint density at radius 2 is 1.67 bits per heavy atom. The molecule has 1 aliphatic heterocycles. The van der Waals surface area contributed by atoms with Crippen molar-refractivity contribution in [3.05, 3.63) is 58.7 Å². The SMILES string of the molecule is CCOP(=O)(OCC)c1ccc(NC(=O)C2Cc3cc(C)c(C)cc3CCS2)cc1. The lowest BCUT2D eigenvalue weighted by atomic mass is 9.95. The summed E-state index contributed by atoms with van der Waals surface area (Å²) >= 11 is 1.70. The van der Waals surface area contributed by atoms with Crippen molar-refractivity contribution in [3.8, 4) is 0 Å². The van der Waals surface area contributed by atoms with Gasteiger partial charge in [0.2, 0.25) is 5.91 Å². The number of thioether (sulfide) groups is 1.